The van der Waals surface area contributed by atoms with Crippen molar-refractivity contribution in [1.82, 2.24) is 15.0 Å². The highest BCUT2D eigenvalue weighted by molar-refractivity contribution is 5.59. The number of aromatic nitrogens is 3. The van der Waals surface area contributed by atoms with Crippen LogP contribution in [0.5, 0.6) is 5.75 Å². The van der Waals surface area contributed by atoms with Gasteiger partial charge in [-0.05, 0) is 44.5 Å². The van der Waals surface area contributed by atoms with Gasteiger partial charge in [-0.2, -0.15) is 9.97 Å². The average molecular weight is 244 g/mol. The third kappa shape index (κ3) is 2.56. The largest absolute Gasteiger partial charge is 0.494 e. The van der Waals surface area contributed by atoms with Crippen molar-refractivity contribution < 1.29 is 4.74 Å². The van der Waals surface area contributed by atoms with Crippen LogP contribution < -0.4 is 10.5 Å². The lowest BCUT2D eigenvalue weighted by Gasteiger charge is -2.08. The quantitative estimate of drug-likeness (QED) is 0.895. The van der Waals surface area contributed by atoms with E-state index in [1.807, 2.05) is 32.0 Å². The summed E-state index contributed by atoms with van der Waals surface area (Å²) in [4.78, 5) is 12.4. The van der Waals surface area contributed by atoms with Crippen molar-refractivity contribution in [2.75, 3.05) is 12.3 Å². The Hall–Kier alpha value is -2.17. The van der Waals surface area contributed by atoms with Gasteiger partial charge in [0.25, 0.3) is 0 Å². The summed E-state index contributed by atoms with van der Waals surface area (Å²) in [6.07, 6.45) is 0. The van der Waals surface area contributed by atoms with Gasteiger partial charge in [-0.25, -0.2) is 4.98 Å². The van der Waals surface area contributed by atoms with Crippen LogP contribution in [0, 0.1) is 13.8 Å². The Morgan fingerprint density at radius 3 is 2.56 bits per heavy atom. The van der Waals surface area contributed by atoms with Gasteiger partial charge in [0.2, 0.25) is 5.95 Å². The van der Waals surface area contributed by atoms with E-state index in [4.69, 9.17) is 10.5 Å². The number of rotatable bonds is 3. The average Bonchev–Trinajstić information content (AvgIpc) is 2.30. The Balaban J connectivity index is 2.42. The fourth-order valence-corrected chi connectivity index (χ4v) is 1.74. The van der Waals surface area contributed by atoms with Crippen LogP contribution >= 0.6 is 0 Å². The molecule has 0 amide bonds. The molecule has 0 spiro atoms. The lowest BCUT2D eigenvalue weighted by Crippen LogP contribution is -2.02. The summed E-state index contributed by atoms with van der Waals surface area (Å²) in [5, 5.41) is 0. The molecule has 0 radical (unpaired) electrons. The van der Waals surface area contributed by atoms with Gasteiger partial charge in [-0.3, -0.25) is 0 Å². The maximum absolute atomic E-state index is 5.63. The standard InChI is InChI=1S/C13H16N4O/c1-4-18-11-6-5-10(7-8(11)2)12-15-9(3)16-13(14)17-12/h5-7H,4H2,1-3H3,(H2,14,15,16,17). The van der Waals surface area contributed by atoms with E-state index in [2.05, 4.69) is 15.0 Å². The molecule has 1 aromatic carbocycles. The molecule has 2 aromatic rings. The van der Waals surface area contributed by atoms with Gasteiger partial charge in [0, 0.05) is 5.56 Å². The van der Waals surface area contributed by atoms with E-state index < -0.39 is 0 Å². The van der Waals surface area contributed by atoms with E-state index in [1.165, 1.54) is 0 Å². The fraction of sp³-hybridized carbons (Fsp3) is 0.308. The summed E-state index contributed by atoms with van der Waals surface area (Å²) in [5.41, 5.74) is 7.58. The first-order valence-electron chi connectivity index (χ1n) is 5.82. The predicted octanol–water partition coefficient (Wildman–Crippen LogP) is 2.14. The minimum Gasteiger partial charge on any atom is -0.494 e. The smallest absolute Gasteiger partial charge is 0.223 e. The highest BCUT2D eigenvalue weighted by Crippen LogP contribution is 2.24. The summed E-state index contributed by atoms with van der Waals surface area (Å²) in [6.45, 7) is 6.40. The van der Waals surface area contributed by atoms with Gasteiger partial charge in [0.1, 0.15) is 11.6 Å². The highest BCUT2D eigenvalue weighted by atomic mass is 16.5. The topological polar surface area (TPSA) is 73.9 Å². The first kappa shape index (κ1) is 12.3. The van der Waals surface area contributed by atoms with Crippen molar-refractivity contribution in [3.63, 3.8) is 0 Å². The summed E-state index contributed by atoms with van der Waals surface area (Å²) in [6, 6.07) is 5.83. The van der Waals surface area contributed by atoms with Crippen molar-refractivity contribution >= 4 is 5.95 Å². The number of anilines is 1. The molecule has 0 aliphatic carbocycles. The van der Waals surface area contributed by atoms with Gasteiger partial charge in [0.05, 0.1) is 6.61 Å². The number of benzene rings is 1. The zero-order chi connectivity index (χ0) is 13.1. The summed E-state index contributed by atoms with van der Waals surface area (Å²) in [7, 11) is 0. The molecule has 0 fully saturated rings. The molecule has 0 saturated carbocycles. The molecule has 0 unspecified atom stereocenters. The Morgan fingerprint density at radius 1 is 1.17 bits per heavy atom. The molecule has 1 aromatic heterocycles. The van der Waals surface area contributed by atoms with Crippen molar-refractivity contribution in [2.45, 2.75) is 20.8 Å². The predicted molar refractivity (Wildman–Crippen MR) is 70.3 cm³/mol. The zero-order valence-corrected chi connectivity index (χ0v) is 10.8. The Morgan fingerprint density at radius 2 is 1.94 bits per heavy atom. The molecule has 0 saturated heterocycles. The Kier molecular flexibility index (Phi) is 3.41. The first-order valence-corrected chi connectivity index (χ1v) is 5.82. The SMILES string of the molecule is CCOc1ccc(-c2nc(C)nc(N)n2)cc1C. The third-order valence-corrected chi connectivity index (χ3v) is 2.50. The number of nitrogen functional groups attached to an aromatic ring is 1. The number of hydrogen-bond acceptors (Lipinski definition) is 5. The number of ether oxygens (including phenoxy) is 1. The molecular formula is C13H16N4O. The van der Waals surface area contributed by atoms with E-state index in [0.717, 1.165) is 16.9 Å². The van der Waals surface area contributed by atoms with Crippen molar-refractivity contribution in [2.24, 2.45) is 0 Å². The van der Waals surface area contributed by atoms with Crippen molar-refractivity contribution in [1.29, 1.82) is 0 Å². The first-order chi connectivity index (χ1) is 8.60. The number of nitrogens with zero attached hydrogens (tertiary/aromatic N) is 3. The van der Waals surface area contributed by atoms with E-state index >= 15 is 0 Å². The molecule has 0 aliphatic heterocycles. The number of nitrogens with two attached hydrogens (primary N) is 1. The normalized spacial score (nSPS) is 10.4. The molecule has 18 heavy (non-hydrogen) atoms. The van der Waals surface area contributed by atoms with Gasteiger partial charge in [0.15, 0.2) is 5.82 Å². The van der Waals surface area contributed by atoms with Gasteiger partial charge in [-0.1, -0.05) is 0 Å². The summed E-state index contributed by atoms with van der Waals surface area (Å²) >= 11 is 0. The van der Waals surface area contributed by atoms with Crippen LogP contribution in [0.2, 0.25) is 0 Å². The van der Waals surface area contributed by atoms with Gasteiger partial charge in [-0.15, -0.1) is 0 Å². The van der Waals surface area contributed by atoms with Crippen LogP contribution in [0.3, 0.4) is 0 Å². The number of aryl methyl sites for hydroxylation is 2. The summed E-state index contributed by atoms with van der Waals surface area (Å²) in [5.74, 6) is 2.32. The van der Waals surface area contributed by atoms with Crippen LogP contribution in [-0.2, 0) is 0 Å². The van der Waals surface area contributed by atoms with Crippen molar-refractivity contribution in [3.05, 3.63) is 29.6 Å². The lowest BCUT2D eigenvalue weighted by atomic mass is 10.1. The maximum atomic E-state index is 5.63. The van der Waals surface area contributed by atoms with Crippen LogP contribution in [0.1, 0.15) is 18.3 Å². The molecule has 0 aliphatic rings. The molecule has 0 atom stereocenters. The number of hydrogen-bond donors (Lipinski definition) is 1. The molecule has 5 heteroatoms. The van der Waals surface area contributed by atoms with E-state index in [0.29, 0.717) is 18.3 Å². The molecule has 5 nitrogen and oxygen atoms in total. The minimum absolute atomic E-state index is 0.240. The second-order valence-corrected chi connectivity index (χ2v) is 3.98. The van der Waals surface area contributed by atoms with E-state index in [1.54, 1.807) is 6.92 Å². The van der Waals surface area contributed by atoms with Crippen molar-refractivity contribution in [3.8, 4) is 17.1 Å². The lowest BCUT2D eigenvalue weighted by molar-refractivity contribution is 0.338. The summed E-state index contributed by atoms with van der Waals surface area (Å²) < 4.78 is 5.50. The minimum atomic E-state index is 0.240. The zero-order valence-electron chi connectivity index (χ0n) is 10.8. The van der Waals surface area contributed by atoms with Gasteiger partial charge >= 0.3 is 0 Å². The third-order valence-electron chi connectivity index (χ3n) is 2.50. The highest BCUT2D eigenvalue weighted by Gasteiger charge is 2.07. The van der Waals surface area contributed by atoms with E-state index in [9.17, 15) is 0 Å². The maximum Gasteiger partial charge on any atom is 0.223 e. The molecule has 94 valence electrons. The molecular weight excluding hydrogens is 228 g/mol. The molecule has 1 heterocycles. The van der Waals surface area contributed by atoms with Crippen LogP contribution in [0.15, 0.2) is 18.2 Å². The van der Waals surface area contributed by atoms with Crippen LogP contribution in [0.4, 0.5) is 5.95 Å². The molecule has 2 rings (SSSR count). The van der Waals surface area contributed by atoms with Crippen LogP contribution in [-0.4, -0.2) is 21.6 Å². The second kappa shape index (κ2) is 5.00. The fourth-order valence-electron chi connectivity index (χ4n) is 1.74. The molecule has 0 bridgehead atoms. The Labute approximate surface area is 106 Å². The van der Waals surface area contributed by atoms with Gasteiger partial charge < -0.3 is 10.5 Å². The monoisotopic (exact) mass is 244 g/mol. The van der Waals surface area contributed by atoms with E-state index in [-0.39, 0.29) is 5.95 Å². The Bertz CT molecular complexity index is 549. The van der Waals surface area contributed by atoms with Crippen LogP contribution in [0.25, 0.3) is 11.4 Å². The second-order valence-electron chi connectivity index (χ2n) is 3.98. The molecule has 2 N–H and O–H groups in total.